The van der Waals surface area contributed by atoms with Crippen LogP contribution in [0.3, 0.4) is 0 Å². The fraction of sp³-hybridized carbons (Fsp3) is 0.600. The van der Waals surface area contributed by atoms with Gasteiger partial charge in [0.2, 0.25) is 0 Å². The molecule has 1 atom stereocenters. The molecular formula is C15H21NO2. The van der Waals surface area contributed by atoms with Crippen molar-refractivity contribution in [1.82, 2.24) is 5.32 Å². The Kier molecular flexibility index (Phi) is 3.37. The number of aliphatic hydroxyl groups excluding tert-OH is 1. The highest BCUT2D eigenvalue weighted by Crippen LogP contribution is 2.33. The van der Waals surface area contributed by atoms with Crippen LogP contribution in [0.5, 0.6) is 0 Å². The third kappa shape index (κ3) is 2.07. The molecule has 3 heteroatoms. The third-order valence-corrected chi connectivity index (χ3v) is 4.35. The molecule has 18 heavy (non-hydrogen) atoms. The lowest BCUT2D eigenvalue weighted by molar-refractivity contribution is -0.0841. The normalized spacial score (nSPS) is 26.6. The number of benzene rings is 1. The minimum atomic E-state index is -0.136. The van der Waals surface area contributed by atoms with Crippen LogP contribution in [0.2, 0.25) is 0 Å². The summed E-state index contributed by atoms with van der Waals surface area (Å²) in [5.74, 6) is 0.649. The first kappa shape index (κ1) is 12.2. The predicted octanol–water partition coefficient (Wildman–Crippen LogP) is 1.41. The molecule has 0 amide bonds. The van der Waals surface area contributed by atoms with Gasteiger partial charge in [0.05, 0.1) is 25.2 Å². The Morgan fingerprint density at radius 3 is 2.56 bits per heavy atom. The van der Waals surface area contributed by atoms with Crippen molar-refractivity contribution in [3.05, 3.63) is 35.4 Å². The van der Waals surface area contributed by atoms with Crippen molar-refractivity contribution in [2.75, 3.05) is 32.9 Å². The van der Waals surface area contributed by atoms with E-state index in [-0.39, 0.29) is 12.0 Å². The molecule has 2 saturated heterocycles. The highest BCUT2D eigenvalue weighted by molar-refractivity contribution is 5.33. The van der Waals surface area contributed by atoms with Crippen molar-refractivity contribution in [3.8, 4) is 0 Å². The summed E-state index contributed by atoms with van der Waals surface area (Å²) in [5, 5.41) is 13.0. The van der Waals surface area contributed by atoms with Gasteiger partial charge < -0.3 is 15.2 Å². The summed E-state index contributed by atoms with van der Waals surface area (Å²) in [6, 6.07) is 8.79. The lowest BCUT2D eigenvalue weighted by Gasteiger charge is -2.40. The predicted molar refractivity (Wildman–Crippen MR) is 70.9 cm³/mol. The van der Waals surface area contributed by atoms with Gasteiger partial charge in [0.1, 0.15) is 0 Å². The SMILES string of the molecule is OCC1(c2ccc(C3CCCNC3)cc2)COC1. The Balaban J connectivity index is 1.76. The monoisotopic (exact) mass is 247 g/mol. The van der Waals surface area contributed by atoms with E-state index in [0.717, 1.165) is 13.1 Å². The minimum Gasteiger partial charge on any atom is -0.395 e. The van der Waals surface area contributed by atoms with Gasteiger partial charge in [-0.25, -0.2) is 0 Å². The van der Waals surface area contributed by atoms with Crippen LogP contribution in [0.25, 0.3) is 0 Å². The summed E-state index contributed by atoms with van der Waals surface area (Å²) in [6.45, 7) is 3.71. The van der Waals surface area contributed by atoms with Crippen molar-refractivity contribution < 1.29 is 9.84 Å². The van der Waals surface area contributed by atoms with Crippen LogP contribution in [0, 0.1) is 0 Å². The molecule has 1 unspecified atom stereocenters. The van der Waals surface area contributed by atoms with Crippen molar-refractivity contribution in [1.29, 1.82) is 0 Å². The molecule has 2 fully saturated rings. The first-order valence-corrected chi connectivity index (χ1v) is 6.84. The van der Waals surface area contributed by atoms with E-state index in [1.54, 1.807) is 0 Å². The lowest BCUT2D eigenvalue weighted by Crippen LogP contribution is -2.49. The zero-order valence-electron chi connectivity index (χ0n) is 10.7. The minimum absolute atomic E-state index is 0.136. The van der Waals surface area contributed by atoms with E-state index >= 15 is 0 Å². The molecule has 2 aliphatic heterocycles. The van der Waals surface area contributed by atoms with E-state index < -0.39 is 0 Å². The molecule has 0 bridgehead atoms. The van der Waals surface area contributed by atoms with Crippen LogP contribution >= 0.6 is 0 Å². The van der Waals surface area contributed by atoms with Crippen LogP contribution in [-0.2, 0) is 10.2 Å². The van der Waals surface area contributed by atoms with Gasteiger partial charge in [-0.2, -0.15) is 0 Å². The molecule has 0 saturated carbocycles. The van der Waals surface area contributed by atoms with Crippen LogP contribution < -0.4 is 5.32 Å². The summed E-state index contributed by atoms with van der Waals surface area (Å²) >= 11 is 0. The Morgan fingerprint density at radius 2 is 2.06 bits per heavy atom. The number of hydrogen-bond acceptors (Lipinski definition) is 3. The Hall–Kier alpha value is -0.900. The van der Waals surface area contributed by atoms with E-state index in [4.69, 9.17) is 4.74 Å². The number of aliphatic hydroxyl groups is 1. The summed E-state index contributed by atoms with van der Waals surface area (Å²) in [5.41, 5.74) is 2.49. The average molecular weight is 247 g/mol. The molecule has 0 aromatic heterocycles. The number of nitrogens with one attached hydrogen (secondary N) is 1. The van der Waals surface area contributed by atoms with Crippen molar-refractivity contribution >= 4 is 0 Å². The number of ether oxygens (including phenoxy) is 1. The summed E-state index contributed by atoms with van der Waals surface area (Å²) in [7, 11) is 0. The maximum atomic E-state index is 9.52. The van der Waals surface area contributed by atoms with Gasteiger partial charge in [-0.15, -0.1) is 0 Å². The zero-order chi connectivity index (χ0) is 12.4. The number of rotatable bonds is 3. The molecule has 0 spiro atoms. The second-order valence-corrected chi connectivity index (χ2v) is 5.60. The van der Waals surface area contributed by atoms with Gasteiger partial charge in [-0.05, 0) is 36.4 Å². The van der Waals surface area contributed by atoms with Gasteiger partial charge in [0, 0.05) is 6.54 Å². The topological polar surface area (TPSA) is 41.5 Å². The highest BCUT2D eigenvalue weighted by Gasteiger charge is 2.39. The lowest BCUT2D eigenvalue weighted by atomic mass is 9.78. The molecule has 0 aliphatic carbocycles. The maximum Gasteiger partial charge on any atom is 0.0651 e. The van der Waals surface area contributed by atoms with Gasteiger partial charge in [0.25, 0.3) is 0 Å². The van der Waals surface area contributed by atoms with E-state index in [1.807, 2.05) is 0 Å². The van der Waals surface area contributed by atoms with Crippen LogP contribution in [-0.4, -0.2) is 38.0 Å². The molecule has 1 aromatic rings. The van der Waals surface area contributed by atoms with Gasteiger partial charge in [-0.3, -0.25) is 0 Å². The van der Waals surface area contributed by atoms with Gasteiger partial charge >= 0.3 is 0 Å². The van der Waals surface area contributed by atoms with Gasteiger partial charge in [0.15, 0.2) is 0 Å². The first-order chi connectivity index (χ1) is 8.84. The van der Waals surface area contributed by atoms with Crippen LogP contribution in [0.4, 0.5) is 0 Å². The van der Waals surface area contributed by atoms with Crippen molar-refractivity contribution in [2.24, 2.45) is 0 Å². The fourth-order valence-corrected chi connectivity index (χ4v) is 2.94. The molecule has 98 valence electrons. The highest BCUT2D eigenvalue weighted by atomic mass is 16.5. The second kappa shape index (κ2) is 5.00. The largest absolute Gasteiger partial charge is 0.395 e. The molecule has 3 rings (SSSR count). The summed E-state index contributed by atoms with van der Waals surface area (Å²) in [6.07, 6.45) is 2.54. The molecule has 2 heterocycles. The standard InChI is InChI=1S/C15H21NO2/c17-9-15(10-18-11-15)14-5-3-12(4-6-14)13-2-1-7-16-8-13/h3-6,13,16-17H,1-2,7-11H2. The molecule has 0 radical (unpaired) electrons. The quantitative estimate of drug-likeness (QED) is 0.848. The van der Waals surface area contributed by atoms with E-state index in [1.165, 1.54) is 24.0 Å². The van der Waals surface area contributed by atoms with E-state index in [0.29, 0.717) is 19.1 Å². The number of piperidine rings is 1. The summed E-state index contributed by atoms with van der Waals surface area (Å²) < 4.78 is 5.26. The average Bonchev–Trinajstić information content (AvgIpc) is 2.40. The molecule has 1 aromatic carbocycles. The maximum absolute atomic E-state index is 9.52. The second-order valence-electron chi connectivity index (χ2n) is 5.60. The first-order valence-electron chi connectivity index (χ1n) is 6.84. The van der Waals surface area contributed by atoms with Crippen LogP contribution in [0.1, 0.15) is 29.9 Å². The van der Waals surface area contributed by atoms with Crippen molar-refractivity contribution in [3.63, 3.8) is 0 Å². The van der Waals surface area contributed by atoms with Crippen LogP contribution in [0.15, 0.2) is 24.3 Å². The van der Waals surface area contributed by atoms with E-state index in [2.05, 4.69) is 29.6 Å². The zero-order valence-corrected chi connectivity index (χ0v) is 10.7. The molecule has 2 N–H and O–H groups in total. The van der Waals surface area contributed by atoms with Gasteiger partial charge in [-0.1, -0.05) is 24.3 Å². The molecule has 3 nitrogen and oxygen atoms in total. The molecule has 2 aliphatic rings. The Morgan fingerprint density at radius 1 is 1.28 bits per heavy atom. The Labute approximate surface area is 108 Å². The van der Waals surface area contributed by atoms with Crippen molar-refractivity contribution in [2.45, 2.75) is 24.2 Å². The molecular weight excluding hydrogens is 226 g/mol. The number of hydrogen-bond donors (Lipinski definition) is 2. The Bertz CT molecular complexity index is 386. The summed E-state index contributed by atoms with van der Waals surface area (Å²) in [4.78, 5) is 0. The smallest absolute Gasteiger partial charge is 0.0651 e. The van der Waals surface area contributed by atoms with E-state index in [9.17, 15) is 5.11 Å². The fourth-order valence-electron chi connectivity index (χ4n) is 2.94. The third-order valence-electron chi connectivity index (χ3n) is 4.35.